The first-order chi connectivity index (χ1) is 10.1. The minimum atomic E-state index is -0.0477. The van der Waals surface area contributed by atoms with Gasteiger partial charge in [-0.15, -0.1) is 0 Å². The molecular weight excluding hydrogens is 272 g/mol. The van der Waals surface area contributed by atoms with Crippen molar-refractivity contribution in [1.29, 1.82) is 0 Å². The second-order valence-corrected chi connectivity index (χ2v) is 8.11. The summed E-state index contributed by atoms with van der Waals surface area (Å²) in [5, 5.41) is 0. The molecule has 2 aliphatic heterocycles. The smallest absolute Gasteiger partial charge is 0.126 e. The van der Waals surface area contributed by atoms with E-state index in [9.17, 15) is 0 Å². The molecule has 3 rings (SSSR count). The van der Waals surface area contributed by atoms with Crippen LogP contribution in [0.4, 0.5) is 0 Å². The highest BCUT2D eigenvalue weighted by Crippen LogP contribution is 2.44. The topological polar surface area (TPSA) is 21.8 Å². The Morgan fingerprint density at radius 2 is 1.55 bits per heavy atom. The minimum absolute atomic E-state index is 0.0477. The molecule has 0 saturated carbocycles. The second kappa shape index (κ2) is 4.99. The Morgan fingerprint density at radius 1 is 0.955 bits per heavy atom. The van der Waals surface area contributed by atoms with Crippen molar-refractivity contribution < 1.29 is 9.47 Å². The van der Waals surface area contributed by atoms with Crippen LogP contribution in [0.3, 0.4) is 0 Å². The summed E-state index contributed by atoms with van der Waals surface area (Å²) in [5.41, 5.74) is 7.03. The Bertz CT molecular complexity index is 615. The van der Waals surface area contributed by atoms with Gasteiger partial charge >= 0.3 is 0 Å². The summed E-state index contributed by atoms with van der Waals surface area (Å²) in [4.78, 5) is 0. The molecule has 0 N–H and O–H groups in total. The predicted molar refractivity (Wildman–Crippen MR) is 90.9 cm³/mol. The van der Waals surface area contributed by atoms with Crippen molar-refractivity contribution in [3.8, 4) is 5.75 Å². The van der Waals surface area contributed by atoms with Crippen molar-refractivity contribution in [2.24, 2.45) is 0 Å². The van der Waals surface area contributed by atoms with Crippen molar-refractivity contribution in [2.75, 3.05) is 0 Å². The van der Waals surface area contributed by atoms with Gasteiger partial charge in [-0.05, 0) is 102 Å². The monoisotopic (exact) mass is 302 g/mol. The first-order valence-electron chi connectivity index (χ1n) is 8.61. The number of hydrogen-bond donors (Lipinski definition) is 0. The van der Waals surface area contributed by atoms with Crippen molar-refractivity contribution in [3.05, 3.63) is 27.8 Å². The maximum atomic E-state index is 6.56. The summed E-state index contributed by atoms with van der Waals surface area (Å²) in [6, 6.07) is 0. The SMILES string of the molecule is Cc1c(C)c(C)c2c(c1C)CC[C@@](C)(CCC1OC1(C)C)O2. The molecule has 1 aromatic carbocycles. The lowest BCUT2D eigenvalue weighted by molar-refractivity contribution is 0.0508. The van der Waals surface area contributed by atoms with Crippen LogP contribution in [0.1, 0.15) is 67.9 Å². The Hall–Kier alpha value is -1.02. The number of fused-ring (bicyclic) bond motifs is 1. The molecule has 1 fully saturated rings. The van der Waals surface area contributed by atoms with Gasteiger partial charge in [0.05, 0.1) is 11.7 Å². The summed E-state index contributed by atoms with van der Waals surface area (Å²) in [5.74, 6) is 1.16. The minimum Gasteiger partial charge on any atom is -0.487 e. The number of rotatable bonds is 3. The van der Waals surface area contributed by atoms with Crippen LogP contribution >= 0.6 is 0 Å². The summed E-state index contributed by atoms with van der Waals surface area (Å²) >= 11 is 0. The van der Waals surface area contributed by atoms with Crippen molar-refractivity contribution >= 4 is 0 Å². The fourth-order valence-corrected chi connectivity index (χ4v) is 3.83. The fourth-order valence-electron chi connectivity index (χ4n) is 3.83. The highest BCUT2D eigenvalue weighted by atomic mass is 16.6. The largest absolute Gasteiger partial charge is 0.487 e. The van der Waals surface area contributed by atoms with Gasteiger partial charge in [0, 0.05) is 0 Å². The third-order valence-corrected chi connectivity index (χ3v) is 6.11. The molecule has 1 aromatic rings. The van der Waals surface area contributed by atoms with E-state index in [1.165, 1.54) is 27.8 Å². The van der Waals surface area contributed by atoms with Crippen molar-refractivity contribution in [2.45, 2.75) is 91.5 Å². The molecule has 2 aliphatic rings. The van der Waals surface area contributed by atoms with E-state index in [-0.39, 0.29) is 11.2 Å². The average Bonchev–Trinajstić information content (AvgIpc) is 3.08. The van der Waals surface area contributed by atoms with Gasteiger partial charge in [0.15, 0.2) is 0 Å². The maximum absolute atomic E-state index is 6.56. The molecule has 0 aromatic heterocycles. The van der Waals surface area contributed by atoms with Gasteiger partial charge in [-0.2, -0.15) is 0 Å². The zero-order valence-electron chi connectivity index (χ0n) is 15.2. The Balaban J connectivity index is 1.81. The molecule has 0 spiro atoms. The average molecular weight is 302 g/mol. The first kappa shape index (κ1) is 15.9. The number of hydrogen-bond acceptors (Lipinski definition) is 2. The number of ether oxygens (including phenoxy) is 2. The third-order valence-electron chi connectivity index (χ3n) is 6.11. The van der Waals surface area contributed by atoms with Crippen LogP contribution in [0.15, 0.2) is 0 Å². The predicted octanol–water partition coefficient (Wildman–Crippen LogP) is 4.96. The molecule has 1 saturated heterocycles. The zero-order valence-corrected chi connectivity index (χ0v) is 15.2. The lowest BCUT2D eigenvalue weighted by atomic mass is 9.83. The van der Waals surface area contributed by atoms with E-state index in [4.69, 9.17) is 9.47 Å². The van der Waals surface area contributed by atoms with Gasteiger partial charge in [0.1, 0.15) is 11.4 Å². The van der Waals surface area contributed by atoms with Gasteiger partial charge in [-0.25, -0.2) is 0 Å². The van der Waals surface area contributed by atoms with Crippen molar-refractivity contribution in [1.82, 2.24) is 0 Å². The van der Waals surface area contributed by atoms with Crippen LogP contribution in [0, 0.1) is 27.7 Å². The van der Waals surface area contributed by atoms with E-state index >= 15 is 0 Å². The molecule has 0 radical (unpaired) electrons. The van der Waals surface area contributed by atoms with E-state index in [2.05, 4.69) is 48.5 Å². The number of benzene rings is 1. The fraction of sp³-hybridized carbons (Fsp3) is 0.700. The lowest BCUT2D eigenvalue weighted by Gasteiger charge is -2.38. The normalized spacial score (nSPS) is 29.0. The molecule has 2 atom stereocenters. The van der Waals surface area contributed by atoms with E-state index in [0.29, 0.717) is 6.10 Å². The molecule has 0 aliphatic carbocycles. The molecule has 22 heavy (non-hydrogen) atoms. The molecule has 1 unspecified atom stereocenters. The summed E-state index contributed by atoms with van der Waals surface area (Å²) in [6.45, 7) is 15.5. The standard InChI is InChI=1S/C20H30O2/c1-12-13(2)15(4)18-16(14(12)3)8-10-20(7,22-18)11-9-17-19(5,6)21-17/h17H,8-11H2,1-7H3/t17?,20-/m0/s1. The Kier molecular flexibility index (Phi) is 3.60. The highest BCUT2D eigenvalue weighted by Gasteiger charge is 2.48. The van der Waals surface area contributed by atoms with E-state index < -0.39 is 0 Å². The van der Waals surface area contributed by atoms with Crippen LogP contribution < -0.4 is 4.74 Å². The molecule has 2 nitrogen and oxygen atoms in total. The van der Waals surface area contributed by atoms with Gasteiger partial charge in [-0.1, -0.05) is 0 Å². The quantitative estimate of drug-likeness (QED) is 0.736. The van der Waals surface area contributed by atoms with Gasteiger partial charge < -0.3 is 9.47 Å². The van der Waals surface area contributed by atoms with Crippen LogP contribution in [-0.2, 0) is 11.2 Å². The molecule has 2 heteroatoms. The zero-order chi connectivity index (χ0) is 16.3. The van der Waals surface area contributed by atoms with Crippen LogP contribution in [0.25, 0.3) is 0 Å². The molecule has 2 heterocycles. The van der Waals surface area contributed by atoms with Gasteiger partial charge in [0.25, 0.3) is 0 Å². The van der Waals surface area contributed by atoms with E-state index in [0.717, 1.165) is 31.4 Å². The molecule has 0 amide bonds. The van der Waals surface area contributed by atoms with Gasteiger partial charge in [0.2, 0.25) is 0 Å². The third kappa shape index (κ3) is 2.56. The van der Waals surface area contributed by atoms with Crippen molar-refractivity contribution in [3.63, 3.8) is 0 Å². The summed E-state index contributed by atoms with van der Waals surface area (Å²) < 4.78 is 12.3. The van der Waals surface area contributed by atoms with Gasteiger partial charge in [-0.3, -0.25) is 0 Å². The maximum Gasteiger partial charge on any atom is 0.126 e. The molecular formula is C20H30O2. The summed E-state index contributed by atoms with van der Waals surface area (Å²) in [6.07, 6.45) is 4.83. The lowest BCUT2D eigenvalue weighted by Crippen LogP contribution is -2.37. The van der Waals surface area contributed by atoms with Crippen LogP contribution in [0.5, 0.6) is 5.75 Å². The first-order valence-corrected chi connectivity index (χ1v) is 8.61. The molecule has 122 valence electrons. The van der Waals surface area contributed by atoms with E-state index in [1.54, 1.807) is 0 Å². The van der Waals surface area contributed by atoms with Crippen LogP contribution in [-0.4, -0.2) is 17.3 Å². The number of epoxide rings is 1. The summed E-state index contributed by atoms with van der Waals surface area (Å²) in [7, 11) is 0. The Labute approximate surface area is 135 Å². The molecule has 0 bridgehead atoms. The van der Waals surface area contributed by atoms with Crippen LogP contribution in [0.2, 0.25) is 0 Å². The van der Waals surface area contributed by atoms with E-state index in [1.807, 2.05) is 0 Å². The Morgan fingerprint density at radius 3 is 2.14 bits per heavy atom. The second-order valence-electron chi connectivity index (χ2n) is 8.11. The highest BCUT2D eigenvalue weighted by molar-refractivity contribution is 5.55.